The fourth-order valence-electron chi connectivity index (χ4n) is 5.40. The van der Waals surface area contributed by atoms with Crippen LogP contribution < -0.4 is 0 Å². The summed E-state index contributed by atoms with van der Waals surface area (Å²) in [4.78, 5) is 13.5. The molecule has 2 heteroatoms. The summed E-state index contributed by atoms with van der Waals surface area (Å²) in [7, 11) is 0. The molecule has 2 aromatic rings. The molecular weight excluding hydrogens is 342 g/mol. The molecule has 0 spiro atoms. The van der Waals surface area contributed by atoms with E-state index in [0.717, 1.165) is 30.5 Å². The van der Waals surface area contributed by atoms with Crippen LogP contribution >= 0.6 is 0 Å². The second-order valence-electron chi connectivity index (χ2n) is 8.63. The molecule has 0 aromatic heterocycles. The highest BCUT2D eigenvalue weighted by atomic mass is 16.1. The van der Waals surface area contributed by atoms with E-state index in [-0.39, 0.29) is 6.04 Å². The summed E-state index contributed by atoms with van der Waals surface area (Å²) in [6.07, 6.45) is 3.96. The summed E-state index contributed by atoms with van der Waals surface area (Å²) in [5.41, 5.74) is 5.16. The summed E-state index contributed by atoms with van der Waals surface area (Å²) in [6, 6.07) is 17.4. The first-order valence-corrected chi connectivity index (χ1v) is 11.0. The van der Waals surface area contributed by atoms with Gasteiger partial charge in [0.15, 0.2) is 5.78 Å². The van der Waals surface area contributed by atoms with Crippen LogP contribution in [0.4, 0.5) is 0 Å². The molecule has 3 unspecified atom stereocenters. The van der Waals surface area contributed by atoms with Crippen LogP contribution in [0.15, 0.2) is 48.5 Å². The number of nitrogens with zero attached hydrogens (tertiary/aromatic N) is 1. The van der Waals surface area contributed by atoms with Gasteiger partial charge in [0.2, 0.25) is 0 Å². The zero-order valence-electron chi connectivity index (χ0n) is 18.1. The molecule has 150 valence electrons. The molecule has 0 amide bonds. The lowest BCUT2D eigenvalue weighted by atomic mass is 9.85. The SMILES string of the molecule is CCC(C(=O)Cc1c(C)cccc1C)[N+]1(CC)CCCC(c2ccccc2)C1. The van der Waals surface area contributed by atoms with Crippen LogP contribution in [0.1, 0.15) is 61.3 Å². The fourth-order valence-corrected chi connectivity index (χ4v) is 5.40. The largest absolute Gasteiger partial charge is 0.315 e. The molecule has 0 aliphatic carbocycles. The lowest BCUT2D eigenvalue weighted by Crippen LogP contribution is -2.62. The van der Waals surface area contributed by atoms with Crippen LogP contribution in [0.25, 0.3) is 0 Å². The van der Waals surface area contributed by atoms with E-state index in [1.165, 1.54) is 35.1 Å². The zero-order chi connectivity index (χ0) is 20.1. The molecule has 0 bridgehead atoms. The Bertz CT molecular complexity index is 777. The topological polar surface area (TPSA) is 17.1 Å². The fraction of sp³-hybridized carbons (Fsp3) is 0.500. The Labute approximate surface area is 171 Å². The maximum absolute atomic E-state index is 13.5. The van der Waals surface area contributed by atoms with Crippen molar-refractivity contribution in [3.8, 4) is 0 Å². The van der Waals surface area contributed by atoms with Crippen molar-refractivity contribution in [3.05, 3.63) is 70.8 Å². The van der Waals surface area contributed by atoms with Gasteiger partial charge < -0.3 is 4.48 Å². The molecule has 1 aliphatic heterocycles. The summed E-state index contributed by atoms with van der Waals surface area (Å²) in [5.74, 6) is 0.993. The minimum absolute atomic E-state index is 0.107. The molecule has 2 nitrogen and oxygen atoms in total. The predicted molar refractivity (Wildman–Crippen MR) is 118 cm³/mol. The van der Waals surface area contributed by atoms with Gasteiger partial charge in [-0.25, -0.2) is 0 Å². The number of likely N-dealkylation sites (tertiary alicyclic amines) is 1. The summed E-state index contributed by atoms with van der Waals surface area (Å²) in [5, 5.41) is 0. The molecule has 0 saturated carbocycles. The number of benzene rings is 2. The van der Waals surface area contributed by atoms with Crippen LogP contribution in [0.3, 0.4) is 0 Å². The van der Waals surface area contributed by atoms with E-state index >= 15 is 0 Å². The number of aryl methyl sites for hydroxylation is 2. The Kier molecular flexibility index (Phi) is 6.72. The second kappa shape index (κ2) is 9.05. The van der Waals surface area contributed by atoms with Crippen molar-refractivity contribution in [2.75, 3.05) is 19.6 Å². The zero-order valence-corrected chi connectivity index (χ0v) is 18.1. The minimum Gasteiger partial charge on any atom is -0.315 e. The number of carbonyl (C=O) groups is 1. The number of hydrogen-bond donors (Lipinski definition) is 0. The van der Waals surface area contributed by atoms with E-state index in [9.17, 15) is 4.79 Å². The van der Waals surface area contributed by atoms with Gasteiger partial charge in [0, 0.05) is 18.8 Å². The molecule has 0 N–H and O–H groups in total. The van der Waals surface area contributed by atoms with Gasteiger partial charge in [-0.3, -0.25) is 4.79 Å². The molecule has 1 aliphatic rings. The first-order chi connectivity index (χ1) is 13.5. The Hall–Kier alpha value is -1.93. The van der Waals surface area contributed by atoms with Crippen molar-refractivity contribution < 1.29 is 9.28 Å². The number of hydrogen-bond acceptors (Lipinski definition) is 1. The average Bonchev–Trinajstić information content (AvgIpc) is 2.72. The maximum Gasteiger partial charge on any atom is 0.194 e. The van der Waals surface area contributed by atoms with Crippen molar-refractivity contribution in [1.82, 2.24) is 0 Å². The van der Waals surface area contributed by atoms with Gasteiger partial charge >= 0.3 is 0 Å². The molecule has 3 atom stereocenters. The van der Waals surface area contributed by atoms with Gasteiger partial charge in [-0.1, -0.05) is 55.5 Å². The third-order valence-corrected chi connectivity index (χ3v) is 7.06. The third-order valence-electron chi connectivity index (χ3n) is 7.06. The second-order valence-corrected chi connectivity index (χ2v) is 8.63. The highest BCUT2D eigenvalue weighted by molar-refractivity contribution is 5.85. The average molecular weight is 379 g/mol. The highest BCUT2D eigenvalue weighted by Crippen LogP contribution is 2.34. The summed E-state index contributed by atoms with van der Waals surface area (Å²) < 4.78 is 0.958. The summed E-state index contributed by atoms with van der Waals surface area (Å²) >= 11 is 0. The number of carbonyl (C=O) groups excluding carboxylic acids is 1. The van der Waals surface area contributed by atoms with Gasteiger partial charge in [0.25, 0.3) is 0 Å². The molecule has 0 radical (unpaired) electrons. The van der Waals surface area contributed by atoms with Gasteiger partial charge in [-0.05, 0) is 55.9 Å². The van der Waals surface area contributed by atoms with Gasteiger partial charge in [0.1, 0.15) is 6.04 Å². The highest BCUT2D eigenvalue weighted by Gasteiger charge is 2.43. The number of quaternary nitrogens is 1. The monoisotopic (exact) mass is 378 g/mol. The predicted octanol–water partition coefficient (Wildman–Crippen LogP) is 5.61. The van der Waals surface area contributed by atoms with E-state index in [1.54, 1.807) is 0 Å². The number of rotatable bonds is 7. The van der Waals surface area contributed by atoms with Crippen molar-refractivity contribution in [2.45, 2.75) is 65.3 Å². The van der Waals surface area contributed by atoms with Crippen LogP contribution in [-0.2, 0) is 11.2 Å². The first kappa shape index (κ1) is 20.8. The maximum atomic E-state index is 13.5. The normalized spacial score (nSPS) is 23.4. The number of ketones is 1. The molecule has 1 heterocycles. The van der Waals surface area contributed by atoms with E-state index in [0.29, 0.717) is 18.1 Å². The third kappa shape index (κ3) is 4.22. The van der Waals surface area contributed by atoms with E-state index in [2.05, 4.69) is 76.2 Å². The Morgan fingerprint density at radius 3 is 2.32 bits per heavy atom. The number of Topliss-reactive ketones (excluding diaryl/α,β-unsaturated/α-hetero) is 1. The molecular formula is C26H36NO+. The molecule has 1 saturated heterocycles. The number of piperidine rings is 1. The first-order valence-electron chi connectivity index (χ1n) is 11.0. The van der Waals surface area contributed by atoms with Crippen LogP contribution in [-0.4, -0.2) is 35.9 Å². The molecule has 2 aromatic carbocycles. The van der Waals surface area contributed by atoms with Crippen LogP contribution in [0.2, 0.25) is 0 Å². The smallest absolute Gasteiger partial charge is 0.194 e. The Balaban J connectivity index is 1.84. The van der Waals surface area contributed by atoms with Crippen molar-refractivity contribution in [1.29, 1.82) is 0 Å². The van der Waals surface area contributed by atoms with Crippen LogP contribution in [0, 0.1) is 13.8 Å². The van der Waals surface area contributed by atoms with E-state index in [4.69, 9.17) is 0 Å². The summed E-state index contributed by atoms with van der Waals surface area (Å²) in [6.45, 7) is 12.0. The Morgan fingerprint density at radius 2 is 1.71 bits per heavy atom. The van der Waals surface area contributed by atoms with Gasteiger partial charge in [-0.15, -0.1) is 0 Å². The minimum atomic E-state index is 0.107. The number of likely N-dealkylation sites (N-methyl/N-ethyl adjacent to an activating group) is 1. The molecule has 1 fully saturated rings. The van der Waals surface area contributed by atoms with E-state index in [1.807, 2.05) is 0 Å². The molecule has 3 rings (SSSR count). The van der Waals surface area contributed by atoms with Crippen molar-refractivity contribution in [2.24, 2.45) is 0 Å². The molecule has 28 heavy (non-hydrogen) atoms. The lowest BCUT2D eigenvalue weighted by Gasteiger charge is -2.48. The van der Waals surface area contributed by atoms with E-state index < -0.39 is 0 Å². The quantitative estimate of drug-likeness (QED) is 0.573. The standard InChI is InChI=1S/C26H36NO/c1-5-25(26(28)18-24-20(3)12-10-13-21(24)4)27(6-2)17-11-16-23(19-27)22-14-8-7-9-15-22/h7-10,12-15,23,25H,5-6,11,16-19H2,1-4H3/q+1. The Morgan fingerprint density at radius 1 is 1.04 bits per heavy atom. The van der Waals surface area contributed by atoms with Gasteiger partial charge in [-0.2, -0.15) is 0 Å². The van der Waals surface area contributed by atoms with Crippen LogP contribution in [0.5, 0.6) is 0 Å². The lowest BCUT2D eigenvalue weighted by molar-refractivity contribution is -0.946. The van der Waals surface area contributed by atoms with Gasteiger partial charge in [0.05, 0.1) is 19.6 Å². The van der Waals surface area contributed by atoms with Crippen molar-refractivity contribution >= 4 is 5.78 Å². The van der Waals surface area contributed by atoms with Crippen molar-refractivity contribution in [3.63, 3.8) is 0 Å².